The Morgan fingerprint density at radius 1 is 1.00 bits per heavy atom. The van der Waals surface area contributed by atoms with Crippen LogP contribution in [0.4, 0.5) is 5.82 Å². The molecule has 0 amide bonds. The first-order valence-corrected chi connectivity index (χ1v) is 11.3. The minimum Gasteiger partial charge on any atom is -0.389 e. The maximum atomic E-state index is 10.5. The number of aromatic nitrogens is 4. The molecule has 1 aliphatic rings. The van der Waals surface area contributed by atoms with Crippen LogP contribution in [0.5, 0.6) is 0 Å². The molecule has 0 radical (unpaired) electrons. The van der Waals surface area contributed by atoms with Crippen LogP contribution in [-0.4, -0.2) is 54.5 Å². The second-order valence-corrected chi connectivity index (χ2v) is 8.71. The number of aliphatic hydroxyl groups excluding tert-OH is 2. The van der Waals surface area contributed by atoms with E-state index in [1.54, 1.807) is 10.9 Å². The first kappa shape index (κ1) is 24.4. The van der Waals surface area contributed by atoms with Crippen LogP contribution in [0.2, 0.25) is 5.28 Å². The fourth-order valence-electron chi connectivity index (χ4n) is 4.57. The second-order valence-electron chi connectivity index (χ2n) is 8.37. The number of fused-ring (bicyclic) bond motifs is 1. The number of nitrogens with two attached hydrogens (primary N) is 1. The summed E-state index contributed by atoms with van der Waals surface area (Å²) >= 11 is 6.26. The Morgan fingerprint density at radius 2 is 1.62 bits per heavy atom. The van der Waals surface area contributed by atoms with Crippen LogP contribution in [0.3, 0.4) is 0 Å². The molecule has 1 saturated carbocycles. The van der Waals surface area contributed by atoms with Gasteiger partial charge in [-0.05, 0) is 29.1 Å². The maximum absolute atomic E-state index is 10.5. The zero-order valence-corrected chi connectivity index (χ0v) is 19.8. The number of aliphatic hydroxyl groups is 2. The van der Waals surface area contributed by atoms with E-state index in [0.717, 1.165) is 0 Å². The molecule has 0 bridgehead atoms. The number of nitrogens with zero attached hydrogens (tertiary/aromatic N) is 4. The quantitative estimate of drug-likeness (QED) is 0.300. The summed E-state index contributed by atoms with van der Waals surface area (Å²) in [4.78, 5) is 13.2. The third-order valence-electron chi connectivity index (χ3n) is 6.33. The molecule has 0 spiro atoms. The lowest BCUT2D eigenvalue weighted by Crippen LogP contribution is -2.35. The van der Waals surface area contributed by atoms with E-state index in [-0.39, 0.29) is 23.6 Å². The van der Waals surface area contributed by atoms with Crippen LogP contribution in [0, 0.1) is 0 Å². The molecule has 2 aromatic carbocycles. The molecule has 1 aliphatic carbocycles. The minimum atomic E-state index is -1.01. The van der Waals surface area contributed by atoms with Crippen LogP contribution >= 0.6 is 24.0 Å². The van der Waals surface area contributed by atoms with Crippen molar-refractivity contribution < 1.29 is 10.2 Å². The third kappa shape index (κ3) is 4.60. The Labute approximate surface area is 208 Å². The number of halogens is 2. The number of imidazole rings is 1. The highest BCUT2D eigenvalue weighted by Gasteiger charge is 2.41. The van der Waals surface area contributed by atoms with E-state index in [1.165, 1.54) is 11.1 Å². The monoisotopic (exact) mass is 500 g/mol. The van der Waals surface area contributed by atoms with E-state index in [4.69, 9.17) is 17.3 Å². The Morgan fingerprint density at radius 3 is 2.18 bits per heavy atom. The van der Waals surface area contributed by atoms with Gasteiger partial charge in [-0.3, -0.25) is 0 Å². The fourth-order valence-corrected chi connectivity index (χ4v) is 4.73. The number of hydrogen-bond donors (Lipinski definition) is 4. The van der Waals surface area contributed by atoms with Crippen LogP contribution < -0.4 is 11.1 Å². The summed E-state index contributed by atoms with van der Waals surface area (Å²) in [7, 11) is 0. The number of rotatable bonds is 6. The van der Waals surface area contributed by atoms with Gasteiger partial charge < -0.3 is 25.8 Å². The van der Waals surface area contributed by atoms with Crippen molar-refractivity contribution in [3.8, 4) is 0 Å². The smallest absolute Gasteiger partial charge is 0.226 e. The standard InChI is InChI=1S/C24H25ClN6O2.ClH/c25-24-29-22(19-23(30-24)31(13-28-19)18-11-17(26)20(32)21(18)33)27-12-16(14-7-3-1-4-8-14)15-9-5-2-6-10-15;/h1-10,13,16-18,20-21,32-33H,11-12,26H2,(H,27,29,30);1H/t17-,18+,20+,21-;/m0./s1. The molecule has 10 heteroatoms. The van der Waals surface area contributed by atoms with Crippen molar-refractivity contribution in [1.82, 2.24) is 19.5 Å². The summed E-state index contributed by atoms with van der Waals surface area (Å²) in [5.74, 6) is 0.598. The van der Waals surface area contributed by atoms with E-state index >= 15 is 0 Å². The molecule has 178 valence electrons. The molecule has 2 heterocycles. The Bertz CT molecular complexity index is 1200. The predicted octanol–water partition coefficient (Wildman–Crippen LogP) is 3.14. The Hall–Kier alpha value is -2.75. The van der Waals surface area contributed by atoms with E-state index in [0.29, 0.717) is 29.9 Å². The van der Waals surface area contributed by atoms with Crippen molar-refractivity contribution in [3.63, 3.8) is 0 Å². The van der Waals surface area contributed by atoms with Gasteiger partial charge in [-0.2, -0.15) is 9.97 Å². The van der Waals surface area contributed by atoms with Gasteiger partial charge in [0.25, 0.3) is 0 Å². The van der Waals surface area contributed by atoms with Crippen molar-refractivity contribution in [2.24, 2.45) is 5.73 Å². The van der Waals surface area contributed by atoms with E-state index in [2.05, 4.69) is 44.5 Å². The van der Waals surface area contributed by atoms with E-state index < -0.39 is 24.3 Å². The lowest BCUT2D eigenvalue weighted by atomic mass is 9.91. The minimum absolute atomic E-state index is 0. The molecule has 0 unspecified atom stereocenters. The number of anilines is 1. The average Bonchev–Trinajstić information content (AvgIpc) is 3.36. The Balaban J connectivity index is 0.00000274. The summed E-state index contributed by atoms with van der Waals surface area (Å²) in [5.41, 5.74) is 9.33. The van der Waals surface area contributed by atoms with Gasteiger partial charge in [-0.15, -0.1) is 12.4 Å². The third-order valence-corrected chi connectivity index (χ3v) is 6.49. The lowest BCUT2D eigenvalue weighted by Gasteiger charge is -2.20. The summed E-state index contributed by atoms with van der Waals surface area (Å²) in [5, 5.41) is 24.0. The van der Waals surface area contributed by atoms with E-state index in [1.807, 2.05) is 36.4 Å². The highest BCUT2D eigenvalue weighted by Crippen LogP contribution is 2.34. The van der Waals surface area contributed by atoms with Crippen LogP contribution in [0.25, 0.3) is 11.2 Å². The van der Waals surface area contributed by atoms with E-state index in [9.17, 15) is 10.2 Å². The molecule has 2 aromatic heterocycles. The maximum Gasteiger partial charge on any atom is 0.226 e. The van der Waals surface area contributed by atoms with Crippen LogP contribution in [0.1, 0.15) is 29.5 Å². The normalized spacial score (nSPS) is 22.1. The molecular formula is C24H26Cl2N6O2. The first-order chi connectivity index (χ1) is 16.0. The SMILES string of the molecule is Cl.N[C@H]1C[C@@H](n2cnc3c(NCC(c4ccccc4)c4ccccc4)nc(Cl)nc32)[C@H](O)[C@@H]1O. The molecule has 34 heavy (non-hydrogen) atoms. The van der Waals surface area contributed by atoms with Crippen molar-refractivity contribution >= 4 is 41.0 Å². The van der Waals surface area contributed by atoms with Gasteiger partial charge in [0.15, 0.2) is 17.0 Å². The molecule has 5 N–H and O–H groups in total. The van der Waals surface area contributed by atoms with Crippen molar-refractivity contribution in [3.05, 3.63) is 83.4 Å². The zero-order chi connectivity index (χ0) is 22.9. The van der Waals surface area contributed by atoms with Crippen LogP contribution in [-0.2, 0) is 0 Å². The first-order valence-electron chi connectivity index (χ1n) is 10.9. The summed E-state index contributed by atoms with van der Waals surface area (Å²) in [6.45, 7) is 0.568. The van der Waals surface area contributed by atoms with Gasteiger partial charge in [-0.1, -0.05) is 60.7 Å². The highest BCUT2D eigenvalue weighted by molar-refractivity contribution is 6.28. The molecule has 1 fully saturated rings. The predicted molar refractivity (Wildman–Crippen MR) is 134 cm³/mol. The molecule has 4 atom stereocenters. The van der Waals surface area contributed by atoms with Crippen molar-refractivity contribution in [1.29, 1.82) is 0 Å². The van der Waals surface area contributed by atoms with Gasteiger partial charge in [0.1, 0.15) is 6.10 Å². The molecule has 8 nitrogen and oxygen atoms in total. The molecule has 0 saturated heterocycles. The zero-order valence-electron chi connectivity index (χ0n) is 18.2. The van der Waals surface area contributed by atoms with Gasteiger partial charge in [0.2, 0.25) is 5.28 Å². The van der Waals surface area contributed by atoms with Gasteiger partial charge >= 0.3 is 0 Å². The summed E-state index contributed by atoms with van der Waals surface area (Å²) in [6.07, 6.45) is -0.0175. The average molecular weight is 501 g/mol. The topological polar surface area (TPSA) is 122 Å². The number of nitrogens with one attached hydrogen (secondary N) is 1. The molecule has 0 aliphatic heterocycles. The molecule has 5 rings (SSSR count). The van der Waals surface area contributed by atoms with Crippen molar-refractivity contribution in [2.75, 3.05) is 11.9 Å². The van der Waals surface area contributed by atoms with Crippen molar-refractivity contribution in [2.45, 2.75) is 36.6 Å². The molecule has 4 aromatic rings. The lowest BCUT2D eigenvalue weighted by molar-refractivity contribution is 0.0187. The fraction of sp³-hybridized carbons (Fsp3) is 0.292. The van der Waals surface area contributed by atoms with Crippen LogP contribution in [0.15, 0.2) is 67.0 Å². The van der Waals surface area contributed by atoms with Gasteiger partial charge in [-0.25, -0.2) is 4.98 Å². The highest BCUT2D eigenvalue weighted by atomic mass is 35.5. The number of benzene rings is 2. The van der Waals surface area contributed by atoms with Gasteiger partial charge in [0, 0.05) is 18.5 Å². The molecular weight excluding hydrogens is 475 g/mol. The number of hydrogen-bond acceptors (Lipinski definition) is 7. The van der Waals surface area contributed by atoms with Gasteiger partial charge in [0.05, 0.1) is 18.5 Å². The Kier molecular flexibility index (Phi) is 7.35. The summed E-state index contributed by atoms with van der Waals surface area (Å²) in [6, 6.07) is 19.6. The largest absolute Gasteiger partial charge is 0.389 e. The second kappa shape index (κ2) is 10.2. The summed E-state index contributed by atoms with van der Waals surface area (Å²) < 4.78 is 1.72.